The van der Waals surface area contributed by atoms with Gasteiger partial charge < -0.3 is 14.8 Å². The van der Waals surface area contributed by atoms with Gasteiger partial charge in [-0.2, -0.15) is 5.10 Å². The molecule has 0 aliphatic carbocycles. The summed E-state index contributed by atoms with van der Waals surface area (Å²) in [6, 6.07) is 15.6. The number of carbonyl (C=O) groups excluding carboxylic acids is 1. The summed E-state index contributed by atoms with van der Waals surface area (Å²) < 4.78 is 12.7. The Labute approximate surface area is 171 Å². The van der Waals surface area contributed by atoms with Gasteiger partial charge in [-0.05, 0) is 50.1 Å². The van der Waals surface area contributed by atoms with E-state index in [2.05, 4.69) is 10.4 Å². The van der Waals surface area contributed by atoms with E-state index in [0.29, 0.717) is 32.0 Å². The van der Waals surface area contributed by atoms with Crippen molar-refractivity contribution in [2.45, 2.75) is 27.4 Å². The summed E-state index contributed by atoms with van der Waals surface area (Å²) in [6.45, 7) is 8.16. The molecule has 0 atom stereocenters. The highest BCUT2D eigenvalue weighted by atomic mass is 16.5. The first-order valence-electron chi connectivity index (χ1n) is 9.76. The Morgan fingerprint density at radius 2 is 1.86 bits per heavy atom. The third-order valence-electron chi connectivity index (χ3n) is 4.63. The average Bonchev–Trinajstić information content (AvgIpc) is 3.10. The van der Waals surface area contributed by atoms with E-state index in [4.69, 9.17) is 9.47 Å². The van der Waals surface area contributed by atoms with E-state index < -0.39 is 0 Å². The van der Waals surface area contributed by atoms with E-state index in [1.807, 2.05) is 69.3 Å². The number of rotatable bonds is 9. The fourth-order valence-corrected chi connectivity index (χ4v) is 3.07. The summed E-state index contributed by atoms with van der Waals surface area (Å²) in [6.07, 6.45) is 1.61. The molecule has 0 unspecified atom stereocenters. The van der Waals surface area contributed by atoms with Crippen LogP contribution in [0.2, 0.25) is 0 Å². The molecular formula is C23H27N3O3. The Balaban J connectivity index is 1.67. The predicted molar refractivity (Wildman–Crippen MR) is 114 cm³/mol. The molecule has 1 N–H and O–H groups in total. The van der Waals surface area contributed by atoms with Gasteiger partial charge in [-0.1, -0.05) is 30.3 Å². The molecule has 3 rings (SSSR count). The number of para-hydroxylation sites is 1. The number of nitrogens with one attached hydrogen (secondary N) is 1. The van der Waals surface area contributed by atoms with Crippen molar-refractivity contribution < 1.29 is 14.3 Å². The van der Waals surface area contributed by atoms with Crippen LogP contribution in [-0.4, -0.2) is 35.5 Å². The summed E-state index contributed by atoms with van der Waals surface area (Å²) >= 11 is 0. The quantitative estimate of drug-likeness (QED) is 0.551. The number of anilines is 1. The van der Waals surface area contributed by atoms with Crippen molar-refractivity contribution in [1.29, 1.82) is 0 Å². The molecule has 0 aliphatic heterocycles. The maximum absolute atomic E-state index is 12.8. The molecule has 152 valence electrons. The Hall–Kier alpha value is -2.96. The molecule has 3 aromatic rings. The van der Waals surface area contributed by atoms with E-state index in [1.165, 1.54) is 0 Å². The Morgan fingerprint density at radius 1 is 1.07 bits per heavy atom. The molecule has 6 heteroatoms. The van der Waals surface area contributed by atoms with Crippen LogP contribution < -0.4 is 5.32 Å². The Kier molecular flexibility index (Phi) is 7.16. The second-order valence-corrected chi connectivity index (χ2v) is 6.75. The van der Waals surface area contributed by atoms with Gasteiger partial charge in [-0.25, -0.2) is 4.68 Å². The molecule has 0 aliphatic rings. The van der Waals surface area contributed by atoms with Crippen LogP contribution in [0.1, 0.15) is 34.1 Å². The molecule has 0 radical (unpaired) electrons. The van der Waals surface area contributed by atoms with Gasteiger partial charge in [0.25, 0.3) is 5.91 Å². The molecule has 0 saturated carbocycles. The number of benzene rings is 2. The summed E-state index contributed by atoms with van der Waals surface area (Å²) in [4.78, 5) is 12.8. The lowest BCUT2D eigenvalue weighted by molar-refractivity contribution is 0.0453. The molecule has 1 heterocycles. The zero-order chi connectivity index (χ0) is 20.6. The van der Waals surface area contributed by atoms with Crippen molar-refractivity contribution in [3.8, 4) is 5.69 Å². The van der Waals surface area contributed by atoms with Crippen LogP contribution in [0.15, 0.2) is 54.7 Å². The molecule has 29 heavy (non-hydrogen) atoms. The van der Waals surface area contributed by atoms with Crippen molar-refractivity contribution in [2.24, 2.45) is 0 Å². The van der Waals surface area contributed by atoms with Crippen LogP contribution in [0.3, 0.4) is 0 Å². The van der Waals surface area contributed by atoms with Crippen molar-refractivity contribution in [3.05, 3.63) is 77.1 Å². The van der Waals surface area contributed by atoms with Gasteiger partial charge in [0, 0.05) is 12.3 Å². The number of amides is 1. The first kappa shape index (κ1) is 20.8. The van der Waals surface area contributed by atoms with Crippen molar-refractivity contribution in [3.63, 3.8) is 0 Å². The van der Waals surface area contributed by atoms with E-state index >= 15 is 0 Å². The topological polar surface area (TPSA) is 65.4 Å². The number of hydrogen-bond donors (Lipinski definition) is 1. The predicted octanol–water partition coefficient (Wildman–Crippen LogP) is 4.29. The molecule has 0 fully saturated rings. The maximum atomic E-state index is 12.8. The van der Waals surface area contributed by atoms with Gasteiger partial charge in [0.15, 0.2) is 0 Å². The lowest BCUT2D eigenvalue weighted by Crippen LogP contribution is -2.13. The third-order valence-corrected chi connectivity index (χ3v) is 4.63. The van der Waals surface area contributed by atoms with Gasteiger partial charge in [0.05, 0.1) is 43.0 Å². The van der Waals surface area contributed by atoms with E-state index in [0.717, 1.165) is 28.2 Å². The summed E-state index contributed by atoms with van der Waals surface area (Å²) in [5.74, 6) is -0.184. The standard InChI is InChI=1S/C23H27N3O3/c1-4-28-12-13-29-16-19-9-7-10-20(14-19)25-23(27)21-15-24-26(18(21)3)22-11-6-5-8-17(22)2/h5-11,14-15H,4,12-13,16H2,1-3H3,(H,25,27). The molecule has 6 nitrogen and oxygen atoms in total. The normalized spacial score (nSPS) is 10.9. The SMILES string of the molecule is CCOCCOCc1cccc(NC(=O)c2cnn(-c3ccccc3C)c2C)c1. The lowest BCUT2D eigenvalue weighted by Gasteiger charge is -2.10. The third kappa shape index (κ3) is 5.31. The second-order valence-electron chi connectivity index (χ2n) is 6.75. The van der Waals surface area contributed by atoms with Gasteiger partial charge in [0.2, 0.25) is 0 Å². The van der Waals surface area contributed by atoms with Crippen molar-refractivity contribution >= 4 is 11.6 Å². The van der Waals surface area contributed by atoms with Crippen molar-refractivity contribution in [1.82, 2.24) is 9.78 Å². The van der Waals surface area contributed by atoms with Crippen LogP contribution >= 0.6 is 0 Å². The van der Waals surface area contributed by atoms with Gasteiger partial charge in [-0.3, -0.25) is 4.79 Å². The summed E-state index contributed by atoms with van der Waals surface area (Å²) in [7, 11) is 0. The smallest absolute Gasteiger partial charge is 0.259 e. The first-order chi connectivity index (χ1) is 14.1. The van der Waals surface area contributed by atoms with Gasteiger partial charge >= 0.3 is 0 Å². The highest BCUT2D eigenvalue weighted by Crippen LogP contribution is 2.19. The highest BCUT2D eigenvalue weighted by molar-refractivity contribution is 6.05. The summed E-state index contributed by atoms with van der Waals surface area (Å²) in [5.41, 5.74) is 5.13. The molecule has 0 bridgehead atoms. The minimum Gasteiger partial charge on any atom is -0.379 e. The number of carbonyl (C=O) groups is 1. The lowest BCUT2D eigenvalue weighted by atomic mass is 10.2. The highest BCUT2D eigenvalue weighted by Gasteiger charge is 2.16. The molecule has 0 saturated heterocycles. The average molecular weight is 393 g/mol. The zero-order valence-electron chi connectivity index (χ0n) is 17.1. The second kappa shape index (κ2) is 10.0. The summed E-state index contributed by atoms with van der Waals surface area (Å²) in [5, 5.41) is 7.37. The van der Waals surface area contributed by atoms with E-state index in [9.17, 15) is 4.79 Å². The minimum absolute atomic E-state index is 0.184. The van der Waals surface area contributed by atoms with Crippen molar-refractivity contribution in [2.75, 3.05) is 25.1 Å². The molecule has 1 amide bonds. The van der Waals surface area contributed by atoms with E-state index in [-0.39, 0.29) is 5.91 Å². The molecule has 0 spiro atoms. The minimum atomic E-state index is -0.184. The Bertz CT molecular complexity index is 966. The Morgan fingerprint density at radius 3 is 2.66 bits per heavy atom. The van der Waals surface area contributed by atoms with Crippen LogP contribution in [-0.2, 0) is 16.1 Å². The number of ether oxygens (including phenoxy) is 2. The number of aryl methyl sites for hydroxylation is 1. The van der Waals surface area contributed by atoms with Crippen LogP contribution in [0.25, 0.3) is 5.69 Å². The first-order valence-corrected chi connectivity index (χ1v) is 9.76. The van der Waals surface area contributed by atoms with Crippen LogP contribution in [0.4, 0.5) is 5.69 Å². The molecule has 2 aromatic carbocycles. The molecule has 1 aromatic heterocycles. The number of aromatic nitrogens is 2. The number of hydrogen-bond acceptors (Lipinski definition) is 4. The zero-order valence-corrected chi connectivity index (χ0v) is 17.1. The van der Waals surface area contributed by atoms with Crippen LogP contribution in [0.5, 0.6) is 0 Å². The largest absolute Gasteiger partial charge is 0.379 e. The van der Waals surface area contributed by atoms with Gasteiger partial charge in [-0.15, -0.1) is 0 Å². The fraction of sp³-hybridized carbons (Fsp3) is 0.304. The van der Waals surface area contributed by atoms with E-state index in [1.54, 1.807) is 10.9 Å². The van der Waals surface area contributed by atoms with Gasteiger partial charge in [0.1, 0.15) is 0 Å². The van der Waals surface area contributed by atoms with Crippen LogP contribution in [0, 0.1) is 13.8 Å². The number of nitrogens with zero attached hydrogens (tertiary/aromatic N) is 2. The monoisotopic (exact) mass is 393 g/mol. The molecular weight excluding hydrogens is 366 g/mol. The maximum Gasteiger partial charge on any atom is 0.259 e. The fourth-order valence-electron chi connectivity index (χ4n) is 3.07.